The van der Waals surface area contributed by atoms with Gasteiger partial charge in [-0.15, -0.1) is 0 Å². The van der Waals surface area contributed by atoms with Gasteiger partial charge in [0.1, 0.15) is 0 Å². The van der Waals surface area contributed by atoms with Gasteiger partial charge in [-0.25, -0.2) is 0 Å². The van der Waals surface area contributed by atoms with Crippen LogP contribution in [0.25, 0.3) is 0 Å². The largest absolute Gasteiger partial charge is 0.264 e. The van der Waals surface area contributed by atoms with Crippen LogP contribution >= 0.6 is 0 Å². The molecule has 3 nitrogen and oxygen atoms in total. The number of allylic oxidation sites excluding steroid dienone is 1. The quantitative estimate of drug-likeness (QED) is 0.351. The minimum Gasteiger partial charge on any atom is -0.264 e. The van der Waals surface area contributed by atoms with E-state index in [4.69, 9.17) is 0 Å². The van der Waals surface area contributed by atoms with Gasteiger partial charge in [-0.05, 0) is 25.2 Å². The second kappa shape index (κ2) is 2.14. The molecule has 0 heterocycles. The van der Waals surface area contributed by atoms with Crippen LogP contribution in [0.5, 0.6) is 0 Å². The molecule has 0 spiro atoms. The third-order valence-electron chi connectivity index (χ3n) is 4.35. The van der Waals surface area contributed by atoms with E-state index in [9.17, 15) is 10.1 Å². The fourth-order valence-electron chi connectivity index (χ4n) is 3.84. The highest BCUT2D eigenvalue weighted by atomic mass is 16.6. The van der Waals surface area contributed by atoms with Crippen LogP contribution < -0.4 is 0 Å². The molecule has 13 heavy (non-hydrogen) atoms. The normalized spacial score (nSPS) is 51.2. The van der Waals surface area contributed by atoms with Gasteiger partial charge in [0.05, 0.1) is 0 Å². The van der Waals surface area contributed by atoms with E-state index in [1.807, 2.05) is 0 Å². The van der Waals surface area contributed by atoms with Crippen molar-refractivity contribution in [1.82, 2.24) is 0 Å². The van der Waals surface area contributed by atoms with Crippen molar-refractivity contribution < 1.29 is 4.92 Å². The van der Waals surface area contributed by atoms with Crippen LogP contribution in [0.1, 0.15) is 25.7 Å². The van der Waals surface area contributed by atoms with Crippen LogP contribution in [0.4, 0.5) is 0 Å². The fraction of sp³-hybridized carbons (Fsp3) is 0.800. The zero-order valence-corrected chi connectivity index (χ0v) is 7.48. The van der Waals surface area contributed by atoms with Crippen molar-refractivity contribution in [2.24, 2.45) is 17.8 Å². The molecule has 3 rings (SSSR count). The minimum absolute atomic E-state index is 0.0266. The van der Waals surface area contributed by atoms with Crippen molar-refractivity contribution in [3.05, 3.63) is 22.3 Å². The summed E-state index contributed by atoms with van der Waals surface area (Å²) in [6, 6.07) is 0. The van der Waals surface area contributed by atoms with E-state index < -0.39 is 5.54 Å². The molecule has 2 bridgehead atoms. The Hall–Kier alpha value is -0.860. The molecule has 0 aliphatic heterocycles. The van der Waals surface area contributed by atoms with Crippen LogP contribution in [0.15, 0.2) is 12.2 Å². The molecule has 70 valence electrons. The van der Waals surface area contributed by atoms with Gasteiger partial charge in [0, 0.05) is 23.2 Å². The van der Waals surface area contributed by atoms with E-state index in [1.165, 1.54) is 0 Å². The zero-order valence-electron chi connectivity index (χ0n) is 7.48. The maximum absolute atomic E-state index is 11.2. The van der Waals surface area contributed by atoms with Gasteiger partial charge in [0.15, 0.2) is 0 Å². The predicted molar refractivity (Wildman–Crippen MR) is 47.8 cm³/mol. The fourth-order valence-corrected chi connectivity index (χ4v) is 3.84. The van der Waals surface area contributed by atoms with Crippen LogP contribution in [-0.4, -0.2) is 10.5 Å². The lowest BCUT2D eigenvalue weighted by molar-refractivity contribution is -0.581. The minimum atomic E-state index is -0.542. The summed E-state index contributed by atoms with van der Waals surface area (Å²) in [7, 11) is 0. The highest BCUT2D eigenvalue weighted by Gasteiger charge is 2.66. The maximum atomic E-state index is 11.2. The summed E-state index contributed by atoms with van der Waals surface area (Å²) in [5.41, 5.74) is -0.542. The monoisotopic (exact) mass is 179 g/mol. The summed E-state index contributed by atoms with van der Waals surface area (Å²) in [4.78, 5) is 11.2. The lowest BCUT2D eigenvalue weighted by Gasteiger charge is -2.27. The summed E-state index contributed by atoms with van der Waals surface area (Å²) in [5, 5.41) is 11.2. The molecule has 2 saturated carbocycles. The summed E-state index contributed by atoms with van der Waals surface area (Å²) in [5.74, 6) is 1.13. The van der Waals surface area contributed by atoms with Gasteiger partial charge in [0.2, 0.25) is 5.54 Å². The van der Waals surface area contributed by atoms with E-state index in [0.717, 1.165) is 25.7 Å². The molecule has 0 saturated heterocycles. The van der Waals surface area contributed by atoms with Gasteiger partial charge in [0.25, 0.3) is 0 Å². The smallest absolute Gasteiger partial charge is 0.231 e. The Labute approximate surface area is 77.0 Å². The first kappa shape index (κ1) is 7.54. The second-order valence-electron chi connectivity index (χ2n) is 4.64. The number of nitro groups is 1. The van der Waals surface area contributed by atoms with Crippen molar-refractivity contribution in [3.63, 3.8) is 0 Å². The average molecular weight is 179 g/mol. The molecule has 0 aromatic carbocycles. The molecule has 4 unspecified atom stereocenters. The van der Waals surface area contributed by atoms with Gasteiger partial charge < -0.3 is 0 Å². The van der Waals surface area contributed by atoms with Crippen LogP contribution in [-0.2, 0) is 0 Å². The Morgan fingerprint density at radius 2 is 2.31 bits per heavy atom. The molecular formula is C10H13NO2. The average Bonchev–Trinajstić information content (AvgIpc) is 2.76. The van der Waals surface area contributed by atoms with E-state index >= 15 is 0 Å². The Bertz CT molecular complexity index is 299. The van der Waals surface area contributed by atoms with Crippen molar-refractivity contribution in [1.29, 1.82) is 0 Å². The molecule has 3 heteroatoms. The van der Waals surface area contributed by atoms with Crippen LogP contribution in [0.3, 0.4) is 0 Å². The van der Waals surface area contributed by atoms with E-state index in [0.29, 0.717) is 11.8 Å². The van der Waals surface area contributed by atoms with E-state index in [-0.39, 0.29) is 10.8 Å². The van der Waals surface area contributed by atoms with E-state index in [2.05, 4.69) is 12.2 Å². The molecule has 3 aliphatic rings. The Morgan fingerprint density at radius 3 is 3.00 bits per heavy atom. The highest BCUT2D eigenvalue weighted by molar-refractivity contribution is 5.22. The summed E-state index contributed by atoms with van der Waals surface area (Å²) < 4.78 is 0. The van der Waals surface area contributed by atoms with Gasteiger partial charge >= 0.3 is 0 Å². The highest BCUT2D eigenvalue weighted by Crippen LogP contribution is 2.59. The molecule has 0 amide bonds. The number of hydrogen-bond donors (Lipinski definition) is 0. The molecule has 0 aromatic heterocycles. The molecule has 3 aliphatic carbocycles. The van der Waals surface area contributed by atoms with Crippen molar-refractivity contribution in [2.75, 3.05) is 0 Å². The second-order valence-corrected chi connectivity index (χ2v) is 4.64. The third-order valence-corrected chi connectivity index (χ3v) is 4.35. The lowest BCUT2D eigenvalue weighted by Crippen LogP contribution is -2.45. The lowest BCUT2D eigenvalue weighted by atomic mass is 9.79. The zero-order chi connectivity index (χ0) is 9.05. The predicted octanol–water partition coefficient (Wildman–Crippen LogP) is 2.01. The van der Waals surface area contributed by atoms with Gasteiger partial charge in [-0.1, -0.05) is 12.2 Å². The van der Waals surface area contributed by atoms with Crippen molar-refractivity contribution >= 4 is 0 Å². The topological polar surface area (TPSA) is 43.1 Å². The number of hydrogen-bond acceptors (Lipinski definition) is 2. The third kappa shape index (κ3) is 0.675. The number of nitrogens with zero attached hydrogens (tertiary/aromatic N) is 1. The van der Waals surface area contributed by atoms with Gasteiger partial charge in [-0.3, -0.25) is 10.1 Å². The molecule has 0 radical (unpaired) electrons. The number of fused-ring (bicyclic) bond motifs is 5. The first-order chi connectivity index (χ1) is 6.25. The first-order valence-electron chi connectivity index (χ1n) is 5.08. The standard InChI is InChI=1S/C10H13NO2/c12-11(13)10-5-1-2-9(10)7-3-4-8(10)6-7/h3-4,7-9H,1-2,5-6H2. The van der Waals surface area contributed by atoms with Crippen LogP contribution in [0.2, 0.25) is 0 Å². The molecule has 4 atom stereocenters. The SMILES string of the molecule is O=[N+]([O-])C12CCCC1C1C=CC2C1. The Morgan fingerprint density at radius 1 is 1.46 bits per heavy atom. The van der Waals surface area contributed by atoms with Crippen LogP contribution in [0, 0.1) is 27.9 Å². The Balaban J connectivity index is 2.09. The summed E-state index contributed by atoms with van der Waals surface area (Å²) >= 11 is 0. The van der Waals surface area contributed by atoms with Crippen molar-refractivity contribution in [2.45, 2.75) is 31.2 Å². The molecule has 0 N–H and O–H groups in total. The van der Waals surface area contributed by atoms with Crippen molar-refractivity contribution in [3.8, 4) is 0 Å². The summed E-state index contributed by atoms with van der Waals surface area (Å²) in [6.45, 7) is 0. The molecule has 2 fully saturated rings. The molecular weight excluding hydrogens is 166 g/mol. The first-order valence-corrected chi connectivity index (χ1v) is 5.08. The van der Waals surface area contributed by atoms with E-state index in [1.54, 1.807) is 0 Å². The maximum Gasteiger partial charge on any atom is 0.231 e. The number of rotatable bonds is 1. The Kier molecular flexibility index (Phi) is 1.24. The summed E-state index contributed by atoms with van der Waals surface area (Å²) in [6.07, 6.45) is 8.30. The molecule has 0 aromatic rings. The van der Waals surface area contributed by atoms with Gasteiger partial charge in [-0.2, -0.15) is 0 Å².